The molecular weight excluding hydrogens is 1450 g/mol. The molecule has 0 unspecified atom stereocenters. The first-order chi connectivity index (χ1) is 56.9. The Labute approximate surface area is 712 Å². The summed E-state index contributed by atoms with van der Waals surface area (Å²) in [6.07, 6.45) is 0. The Kier molecular flexibility index (Phi) is 18.0. The highest BCUT2D eigenvalue weighted by molar-refractivity contribution is 7.00. The summed E-state index contributed by atoms with van der Waals surface area (Å²) in [5, 5.41) is 10.3. The van der Waals surface area contributed by atoms with Crippen LogP contribution in [0.4, 0.5) is 34.1 Å². The van der Waals surface area contributed by atoms with Crippen LogP contribution in [0.25, 0.3) is 127 Å². The molecule has 0 radical (unpaired) electrons. The van der Waals surface area contributed by atoms with Crippen LogP contribution >= 0.6 is 0 Å². The van der Waals surface area contributed by atoms with Gasteiger partial charge in [0.15, 0.2) is 0 Å². The first-order valence-corrected chi connectivity index (χ1v) is 43.6. The van der Waals surface area contributed by atoms with E-state index in [9.17, 15) is 0 Å². The van der Waals surface area contributed by atoms with Crippen LogP contribution in [-0.4, -0.2) is 11.3 Å². The van der Waals surface area contributed by atoms with Gasteiger partial charge in [-0.05, 0) is 261 Å². The van der Waals surface area contributed by atoms with Crippen molar-refractivity contribution in [2.75, 3.05) is 9.80 Å². The predicted octanol–water partition coefficient (Wildman–Crippen LogP) is 30.8. The lowest BCUT2D eigenvalue weighted by Crippen LogP contribution is -2.61. The fraction of sp³-hybridized carbons (Fsp3) is 0.241. The van der Waals surface area contributed by atoms with E-state index in [1.54, 1.807) is 0 Å². The van der Waals surface area contributed by atoms with Crippen LogP contribution < -0.4 is 26.2 Å². The predicted molar refractivity (Wildman–Crippen MR) is 522 cm³/mol. The summed E-state index contributed by atoms with van der Waals surface area (Å²) in [6.45, 7) is 49.2. The summed E-state index contributed by atoms with van der Waals surface area (Å²) >= 11 is 0. The van der Waals surface area contributed by atoms with Crippen molar-refractivity contribution >= 4 is 111 Å². The highest BCUT2D eigenvalue weighted by atomic mass is 15.2. The van der Waals surface area contributed by atoms with E-state index in [2.05, 4.69) is 457 Å². The van der Waals surface area contributed by atoms with Crippen molar-refractivity contribution in [3.05, 3.63) is 336 Å². The summed E-state index contributed by atoms with van der Waals surface area (Å²) in [5.41, 5.74) is 36.2. The van der Waals surface area contributed by atoms with Gasteiger partial charge in [0.25, 0.3) is 6.71 Å². The molecule has 0 amide bonds. The first kappa shape index (κ1) is 77.9. The van der Waals surface area contributed by atoms with Gasteiger partial charge in [-0.3, -0.25) is 0 Å². The quantitative estimate of drug-likeness (QED) is 0.105. The van der Waals surface area contributed by atoms with Crippen LogP contribution in [0.3, 0.4) is 0 Å². The summed E-state index contributed by atoms with van der Waals surface area (Å²) in [7, 11) is 0. The van der Waals surface area contributed by atoms with Crippen molar-refractivity contribution in [1.29, 1.82) is 0 Å². The zero-order chi connectivity index (χ0) is 84.0. The van der Waals surface area contributed by atoms with Crippen LogP contribution in [0, 0.1) is 0 Å². The second-order valence-corrected chi connectivity index (χ2v) is 41.9. The normalized spacial score (nSPS) is 13.5. The third-order valence-corrected chi connectivity index (χ3v) is 26.3. The Balaban J connectivity index is 1.03. The van der Waals surface area contributed by atoms with E-state index in [4.69, 9.17) is 0 Å². The highest BCUT2D eigenvalue weighted by Gasteiger charge is 2.47. The van der Waals surface area contributed by atoms with Crippen molar-refractivity contribution in [3.63, 3.8) is 0 Å². The maximum Gasteiger partial charge on any atom is 0.252 e. The zero-order valence-corrected chi connectivity index (χ0v) is 74.2. The maximum absolute atomic E-state index is 2.77. The zero-order valence-electron chi connectivity index (χ0n) is 74.2. The summed E-state index contributed by atoms with van der Waals surface area (Å²) in [6, 6.07) is 117. The van der Waals surface area contributed by atoms with E-state index < -0.39 is 0 Å². The lowest BCUT2D eigenvalue weighted by Gasteiger charge is -2.46. The van der Waals surface area contributed by atoms with Crippen molar-refractivity contribution in [2.45, 2.75) is 183 Å². The molecule has 0 atom stereocenters. The monoisotopic (exact) mass is 1560 g/mol. The molecule has 2 aliphatic heterocycles. The van der Waals surface area contributed by atoms with E-state index >= 15 is 0 Å². The molecular formula is C116H112BN3. The van der Waals surface area contributed by atoms with Gasteiger partial charge >= 0.3 is 0 Å². The first-order valence-electron chi connectivity index (χ1n) is 43.6. The molecule has 0 bridgehead atoms. The molecule has 17 aromatic rings. The lowest BCUT2D eigenvalue weighted by molar-refractivity contribution is 0.590. The minimum Gasteiger partial charge on any atom is -0.310 e. The Hall–Kier alpha value is -12.0. The second kappa shape index (κ2) is 27.8. The Bertz CT molecular complexity index is 6760. The van der Waals surface area contributed by atoms with Gasteiger partial charge in [0.05, 0.1) is 22.4 Å². The van der Waals surface area contributed by atoms with Crippen LogP contribution in [0.15, 0.2) is 297 Å². The molecule has 0 saturated heterocycles. The van der Waals surface area contributed by atoms with Crippen LogP contribution in [0.2, 0.25) is 0 Å². The fourth-order valence-electron chi connectivity index (χ4n) is 19.3. The summed E-state index contributed by atoms with van der Waals surface area (Å²) < 4.78 is 2.59. The van der Waals surface area contributed by atoms with Gasteiger partial charge in [-0.1, -0.05) is 352 Å². The summed E-state index contributed by atoms with van der Waals surface area (Å²) in [5.74, 6) is 0. The number of benzene rings is 16. The fourth-order valence-corrected chi connectivity index (χ4v) is 19.3. The number of fused-ring (bicyclic) bond motifs is 7. The number of hydrogen-bond donors (Lipinski definition) is 0. The SMILES string of the molecule is CC(C)(C)c1ccc(-c2cc3c4c(c2)N(c2c(-c5ccccc5)cc(C(C)(C)C)cc2-c2ccccc2)c2cc(-n5c6ccc(C(C)(C)C)cc6c6cc(C(C)(C)C)ccc65)ccc2B4c2cc(-c4cc5cc(C(C)(C)C)cc6ccc7cc(C(C)(C)C)cc4c7c65)ccc2N3c2c(-c3ccccc3)cc(C(C)(C)C)cc2-c2ccccc2)cc1. The number of anilines is 6. The van der Waals surface area contributed by atoms with Crippen molar-refractivity contribution < 1.29 is 0 Å². The minimum absolute atomic E-state index is 0.0751. The third-order valence-electron chi connectivity index (χ3n) is 26.3. The maximum atomic E-state index is 2.77. The Morgan fingerprint density at radius 1 is 0.217 bits per heavy atom. The molecule has 594 valence electrons. The van der Waals surface area contributed by atoms with Gasteiger partial charge < -0.3 is 14.4 Å². The molecule has 120 heavy (non-hydrogen) atoms. The number of rotatable bonds is 9. The van der Waals surface area contributed by atoms with E-state index in [1.807, 2.05) is 0 Å². The minimum atomic E-state index is -0.322. The van der Waals surface area contributed by atoms with Gasteiger partial charge in [0.2, 0.25) is 0 Å². The second-order valence-electron chi connectivity index (χ2n) is 41.9. The average molecular weight is 1560 g/mol. The molecule has 0 spiro atoms. The Morgan fingerprint density at radius 3 is 1.02 bits per heavy atom. The molecule has 3 heterocycles. The van der Waals surface area contributed by atoms with Crippen LogP contribution in [-0.2, 0) is 37.9 Å². The topological polar surface area (TPSA) is 11.4 Å². The van der Waals surface area contributed by atoms with Crippen molar-refractivity contribution in [1.82, 2.24) is 4.57 Å². The van der Waals surface area contributed by atoms with Crippen LogP contribution in [0.5, 0.6) is 0 Å². The number of hydrogen-bond acceptors (Lipinski definition) is 2. The molecule has 0 N–H and O–H groups in total. The molecule has 0 aliphatic carbocycles. The van der Waals surface area contributed by atoms with Gasteiger partial charge in [-0.2, -0.15) is 0 Å². The largest absolute Gasteiger partial charge is 0.310 e. The van der Waals surface area contributed by atoms with E-state index in [0.717, 1.165) is 84.3 Å². The van der Waals surface area contributed by atoms with Crippen LogP contribution in [0.1, 0.15) is 184 Å². The summed E-state index contributed by atoms with van der Waals surface area (Å²) in [4.78, 5) is 5.53. The van der Waals surface area contributed by atoms with Gasteiger partial charge in [-0.15, -0.1) is 0 Å². The van der Waals surface area contributed by atoms with Gasteiger partial charge in [-0.25, -0.2) is 0 Å². The lowest BCUT2D eigenvalue weighted by atomic mass is 9.33. The van der Waals surface area contributed by atoms with Crippen molar-refractivity contribution in [2.24, 2.45) is 0 Å². The van der Waals surface area contributed by atoms with E-state index in [0.29, 0.717) is 0 Å². The molecule has 0 saturated carbocycles. The molecule has 19 rings (SSSR count). The third kappa shape index (κ3) is 13.3. The van der Waals surface area contributed by atoms with E-state index in [-0.39, 0.29) is 44.6 Å². The number of nitrogens with zero attached hydrogens (tertiary/aromatic N) is 3. The highest BCUT2D eigenvalue weighted by Crippen LogP contribution is 2.57. The molecule has 1 aromatic heterocycles. The Morgan fingerprint density at radius 2 is 0.592 bits per heavy atom. The van der Waals surface area contributed by atoms with Gasteiger partial charge in [0, 0.05) is 61.5 Å². The molecule has 4 heteroatoms. The molecule has 3 nitrogen and oxygen atoms in total. The average Bonchev–Trinajstić information content (AvgIpc) is 0.688. The van der Waals surface area contributed by atoms with Crippen molar-refractivity contribution in [3.8, 4) is 72.4 Å². The standard InChI is InChI=1S/C116H112BN3/c1-110(2,3)81-47-44-71(45-48-81)79-61-103-107-104(62-79)120(109-92(74-38-30-24-31-39-74)67-87(116(19,20)21)68-93(109)75-40-32-25-33-41-75)102-70-88(118-99-54-49-82(111(4,5)6)63-94(99)95-64-83(112(7,8)9)50-55-100(95)118)51-52-97(102)117(107)98-60-76(89-59-80-58-84(113(10,11)12)56-77-42-43-78-57-85(114(13,14)15)69-96(89)106(78)105(77)80)46-53-101(98)119(103)108-90(72-34-26-22-27-35-72)65-86(115(16,17)18)66-91(108)73-36-28-23-29-37-73/h22-70H,1-21H3. The smallest absolute Gasteiger partial charge is 0.252 e. The molecule has 16 aromatic carbocycles. The molecule has 2 aliphatic rings. The molecule has 0 fully saturated rings. The number of aromatic nitrogens is 1. The van der Waals surface area contributed by atoms with Gasteiger partial charge in [0.1, 0.15) is 0 Å². The van der Waals surface area contributed by atoms with E-state index in [1.165, 1.54) is 132 Å².